The first-order valence-corrected chi connectivity index (χ1v) is 19.6. The van der Waals surface area contributed by atoms with Gasteiger partial charge in [0.25, 0.3) is 8.32 Å². The van der Waals surface area contributed by atoms with Crippen LogP contribution >= 0.6 is 0 Å². The number of carbonyl (C=O) groups excluding carboxylic acids is 1. The van der Waals surface area contributed by atoms with Gasteiger partial charge in [0, 0.05) is 31.1 Å². The molecule has 0 aromatic heterocycles. The predicted molar refractivity (Wildman–Crippen MR) is 201 cm³/mol. The van der Waals surface area contributed by atoms with Crippen molar-refractivity contribution in [2.24, 2.45) is 17.3 Å². The van der Waals surface area contributed by atoms with Crippen molar-refractivity contribution in [2.75, 3.05) is 41.3 Å². The van der Waals surface area contributed by atoms with Crippen molar-refractivity contribution in [1.82, 2.24) is 0 Å². The van der Waals surface area contributed by atoms with Crippen molar-refractivity contribution < 1.29 is 42.4 Å². The molecule has 0 N–H and O–H groups in total. The number of esters is 1. The molecule has 1 heterocycles. The smallest absolute Gasteiger partial charge is 0.311 e. The topological polar surface area (TPSA) is 90.9 Å². The van der Waals surface area contributed by atoms with Gasteiger partial charge in [-0.3, -0.25) is 4.79 Å². The minimum Gasteiger partial charge on any atom is -0.493 e. The molecule has 0 aliphatic carbocycles. The van der Waals surface area contributed by atoms with E-state index in [-0.39, 0.29) is 42.3 Å². The fraction of sp³-hybridized carbons (Fsp3) is 0.537. The highest BCUT2D eigenvalue weighted by Gasteiger charge is 2.51. The van der Waals surface area contributed by atoms with E-state index in [4.69, 9.17) is 37.6 Å². The van der Waals surface area contributed by atoms with E-state index in [0.29, 0.717) is 18.1 Å². The van der Waals surface area contributed by atoms with Crippen LogP contribution in [0.3, 0.4) is 0 Å². The van der Waals surface area contributed by atoms with Crippen molar-refractivity contribution >= 4 is 24.7 Å². The van der Waals surface area contributed by atoms with E-state index < -0.39 is 32.2 Å². The third kappa shape index (κ3) is 9.41. The van der Waals surface area contributed by atoms with E-state index in [2.05, 4.69) is 83.1 Å². The van der Waals surface area contributed by atoms with Crippen LogP contribution in [0.15, 0.2) is 78.9 Å². The van der Waals surface area contributed by atoms with Crippen molar-refractivity contribution in [1.29, 1.82) is 0 Å². The number of methoxy groups -OCH3 is 3. The summed E-state index contributed by atoms with van der Waals surface area (Å²) in [5.41, 5.74) is 0.0812. The lowest BCUT2D eigenvalue weighted by atomic mass is 9.86. The summed E-state index contributed by atoms with van der Waals surface area (Å²) in [5, 5.41) is 2.25. The molecule has 0 unspecified atom stereocenters. The van der Waals surface area contributed by atoms with Crippen LogP contribution in [-0.4, -0.2) is 73.9 Å². The monoisotopic (exact) mass is 722 g/mol. The molecule has 3 aromatic carbocycles. The van der Waals surface area contributed by atoms with E-state index in [9.17, 15) is 4.79 Å². The third-order valence-electron chi connectivity index (χ3n) is 9.58. The lowest BCUT2D eigenvalue weighted by molar-refractivity contribution is -0.307. The van der Waals surface area contributed by atoms with Crippen LogP contribution in [0.4, 0.5) is 0 Å². The Morgan fingerprint density at radius 1 is 0.784 bits per heavy atom. The summed E-state index contributed by atoms with van der Waals surface area (Å²) in [5.74, 6) is 0.572. The minimum absolute atomic E-state index is 0.00336. The van der Waals surface area contributed by atoms with Crippen molar-refractivity contribution in [3.05, 3.63) is 84.4 Å². The van der Waals surface area contributed by atoms with Gasteiger partial charge in [0.2, 0.25) is 0 Å². The number of hydrogen-bond donors (Lipinski definition) is 0. The Morgan fingerprint density at radius 3 is 1.86 bits per heavy atom. The molecule has 0 saturated carbocycles. The second kappa shape index (κ2) is 17.5. The van der Waals surface area contributed by atoms with Gasteiger partial charge in [-0.25, -0.2) is 0 Å². The maximum Gasteiger partial charge on any atom is 0.311 e. The normalized spacial score (nSPS) is 21.1. The van der Waals surface area contributed by atoms with Crippen LogP contribution in [-0.2, 0) is 32.9 Å². The third-order valence-corrected chi connectivity index (χ3v) is 14.6. The summed E-state index contributed by atoms with van der Waals surface area (Å²) >= 11 is 0. The Labute approximate surface area is 306 Å². The second-order valence-corrected chi connectivity index (χ2v) is 19.7. The summed E-state index contributed by atoms with van der Waals surface area (Å²) in [6.45, 7) is 17.0. The van der Waals surface area contributed by atoms with Gasteiger partial charge < -0.3 is 37.6 Å². The van der Waals surface area contributed by atoms with E-state index in [1.807, 2.05) is 51.1 Å². The van der Waals surface area contributed by atoms with Gasteiger partial charge in [-0.05, 0) is 48.3 Å². The zero-order valence-electron chi connectivity index (χ0n) is 32.3. The quantitative estimate of drug-likeness (QED) is 0.0943. The van der Waals surface area contributed by atoms with E-state index in [1.54, 1.807) is 21.3 Å². The Kier molecular flexibility index (Phi) is 13.9. The van der Waals surface area contributed by atoms with Gasteiger partial charge in [-0.15, -0.1) is 0 Å². The van der Waals surface area contributed by atoms with Gasteiger partial charge in [-0.2, -0.15) is 0 Å². The highest BCUT2D eigenvalue weighted by Crippen LogP contribution is 2.42. The predicted octanol–water partition coefficient (Wildman–Crippen LogP) is 6.91. The molecule has 3 aromatic rings. The van der Waals surface area contributed by atoms with Gasteiger partial charge in [-0.1, -0.05) is 101 Å². The van der Waals surface area contributed by atoms with Crippen LogP contribution in [0.2, 0.25) is 5.04 Å². The van der Waals surface area contributed by atoms with Crippen molar-refractivity contribution in [3.8, 4) is 11.5 Å². The molecule has 9 nitrogen and oxygen atoms in total. The lowest BCUT2D eigenvalue weighted by Gasteiger charge is -2.47. The number of rotatable bonds is 15. The molecule has 51 heavy (non-hydrogen) atoms. The Hall–Kier alpha value is -3.25. The van der Waals surface area contributed by atoms with Gasteiger partial charge in [0.1, 0.15) is 19.5 Å². The maximum atomic E-state index is 12.9. The summed E-state index contributed by atoms with van der Waals surface area (Å²) in [6.07, 6.45) is -2.27. The standard InChI is InChI=1S/C41H58O9Si/c1-28(25-48-51(41(6,7)8,31-18-14-12-15-19-31)32-20-16-13-17-21-32)36-29(2)37(35(47-27-43-9)26-46-39(42)40(3,4)5)50-38(49-36)30-22-23-33(44-10)34(24-30)45-11/h12-24,28-29,35-38H,25-27H2,1-11H3/t28-,29-,35+,36+,37+,38+/m1/s1. The second-order valence-electron chi connectivity index (χ2n) is 15.4. The first-order chi connectivity index (χ1) is 24.2. The molecule has 280 valence electrons. The zero-order chi connectivity index (χ0) is 37.4. The average molecular weight is 723 g/mol. The van der Waals surface area contributed by atoms with Crippen molar-refractivity contribution in [3.63, 3.8) is 0 Å². The molecular weight excluding hydrogens is 665 g/mol. The van der Waals surface area contributed by atoms with Gasteiger partial charge in [0.15, 0.2) is 17.8 Å². The fourth-order valence-electron chi connectivity index (χ4n) is 6.87. The summed E-state index contributed by atoms with van der Waals surface area (Å²) in [4.78, 5) is 12.9. The van der Waals surface area contributed by atoms with Crippen LogP contribution < -0.4 is 19.8 Å². The first-order valence-electron chi connectivity index (χ1n) is 17.7. The van der Waals surface area contributed by atoms with Crippen LogP contribution in [0.25, 0.3) is 0 Å². The van der Waals surface area contributed by atoms with E-state index in [0.717, 1.165) is 5.56 Å². The molecule has 1 fully saturated rings. The summed E-state index contributed by atoms with van der Waals surface area (Å²) in [6, 6.07) is 26.8. The van der Waals surface area contributed by atoms with E-state index in [1.165, 1.54) is 10.4 Å². The molecule has 6 atom stereocenters. The molecule has 0 bridgehead atoms. The molecule has 0 spiro atoms. The first kappa shape index (κ1) is 40.5. The van der Waals surface area contributed by atoms with Gasteiger partial charge >= 0.3 is 5.97 Å². The minimum atomic E-state index is -2.82. The number of hydrogen-bond acceptors (Lipinski definition) is 9. The fourth-order valence-corrected chi connectivity index (χ4v) is 11.5. The molecule has 1 aliphatic rings. The molecule has 1 saturated heterocycles. The number of carbonyl (C=O) groups is 1. The molecule has 10 heteroatoms. The highest BCUT2D eigenvalue weighted by atomic mass is 28.4. The largest absolute Gasteiger partial charge is 0.493 e. The molecular formula is C41H58O9Si. The Morgan fingerprint density at radius 2 is 1.35 bits per heavy atom. The number of ether oxygens (including phenoxy) is 7. The summed E-state index contributed by atoms with van der Waals surface area (Å²) < 4.78 is 49.4. The Balaban J connectivity index is 1.73. The van der Waals surface area contributed by atoms with Gasteiger partial charge in [0.05, 0.1) is 31.8 Å². The van der Waals surface area contributed by atoms with Crippen molar-refractivity contribution in [2.45, 2.75) is 85.0 Å². The Bertz CT molecular complexity index is 1480. The molecule has 4 rings (SSSR count). The molecule has 1 aliphatic heterocycles. The molecule has 0 radical (unpaired) electrons. The van der Waals surface area contributed by atoms with Crippen LogP contribution in [0.1, 0.15) is 67.2 Å². The SMILES string of the molecule is COCO[C@@H](COC(=O)C(C)(C)C)[C@H]1O[C@@H](c2ccc(OC)c(OC)c2)O[C@@H]([C@H](C)CO[Si](c2ccccc2)(c2ccccc2)C(C)(C)C)[C@H]1C. The maximum absolute atomic E-state index is 12.9. The summed E-state index contributed by atoms with van der Waals surface area (Å²) in [7, 11) is 1.94. The average Bonchev–Trinajstić information content (AvgIpc) is 3.11. The zero-order valence-corrected chi connectivity index (χ0v) is 33.3. The molecule has 0 amide bonds. The van der Waals surface area contributed by atoms with Crippen LogP contribution in [0.5, 0.6) is 11.5 Å². The van der Waals surface area contributed by atoms with Crippen LogP contribution in [0, 0.1) is 17.3 Å². The van der Waals surface area contributed by atoms with E-state index >= 15 is 0 Å². The lowest BCUT2D eigenvalue weighted by Crippen LogP contribution is -2.67. The number of benzene rings is 3. The highest BCUT2D eigenvalue weighted by molar-refractivity contribution is 6.99.